The smallest absolute Gasteiger partial charge is 0.310 e. The number of hydrogen-bond donors (Lipinski definition) is 0. The molecule has 0 aromatic rings. The average molecular weight is 271 g/mol. The first kappa shape index (κ1) is 16.0. The Kier molecular flexibility index (Phi) is 6.28. The molecule has 110 valence electrons. The maximum atomic E-state index is 12.4. The number of rotatable bonds is 6. The summed E-state index contributed by atoms with van der Waals surface area (Å²) < 4.78 is 10.2. The molecule has 1 heterocycles. The molecular formula is C14H25NO4. The van der Waals surface area contributed by atoms with Crippen LogP contribution in [0.2, 0.25) is 0 Å². The van der Waals surface area contributed by atoms with E-state index in [2.05, 4.69) is 0 Å². The van der Waals surface area contributed by atoms with Crippen molar-refractivity contribution in [3.63, 3.8) is 0 Å². The molecule has 0 aliphatic carbocycles. The Bertz CT molecular complexity index is 313. The Morgan fingerprint density at radius 2 is 2.11 bits per heavy atom. The first-order valence-electron chi connectivity index (χ1n) is 7.01. The first-order valence-corrected chi connectivity index (χ1v) is 7.01. The molecule has 3 atom stereocenters. The van der Waals surface area contributed by atoms with E-state index in [9.17, 15) is 9.59 Å². The van der Waals surface area contributed by atoms with Crippen molar-refractivity contribution in [2.75, 3.05) is 20.3 Å². The minimum atomic E-state index is -0.334. The van der Waals surface area contributed by atoms with Crippen molar-refractivity contribution in [3.8, 4) is 0 Å². The van der Waals surface area contributed by atoms with E-state index in [-0.39, 0.29) is 29.9 Å². The molecule has 0 aromatic heterocycles. The summed E-state index contributed by atoms with van der Waals surface area (Å²) in [6.45, 7) is 6.85. The molecule has 1 aliphatic rings. The van der Waals surface area contributed by atoms with Gasteiger partial charge in [-0.2, -0.15) is 0 Å². The maximum Gasteiger partial charge on any atom is 0.310 e. The predicted octanol–water partition coefficient (Wildman–Crippen LogP) is 1.60. The summed E-state index contributed by atoms with van der Waals surface area (Å²) in [6, 6.07) is 0.101. The van der Waals surface area contributed by atoms with E-state index in [4.69, 9.17) is 9.47 Å². The van der Waals surface area contributed by atoms with Gasteiger partial charge in [-0.15, -0.1) is 0 Å². The summed E-state index contributed by atoms with van der Waals surface area (Å²) in [5.41, 5.74) is 0. The van der Waals surface area contributed by atoms with Crippen molar-refractivity contribution in [3.05, 3.63) is 0 Å². The van der Waals surface area contributed by atoms with Crippen LogP contribution in [0.3, 0.4) is 0 Å². The van der Waals surface area contributed by atoms with Gasteiger partial charge in [-0.05, 0) is 26.2 Å². The highest BCUT2D eigenvalue weighted by molar-refractivity contribution is 5.82. The van der Waals surface area contributed by atoms with Crippen molar-refractivity contribution in [2.24, 2.45) is 5.92 Å². The third-order valence-electron chi connectivity index (χ3n) is 3.69. The second-order valence-electron chi connectivity index (χ2n) is 5.17. The molecule has 0 spiro atoms. The Morgan fingerprint density at radius 1 is 1.42 bits per heavy atom. The summed E-state index contributed by atoms with van der Waals surface area (Å²) in [7, 11) is 1.37. The first-order chi connectivity index (χ1) is 9.01. The minimum Gasteiger partial charge on any atom is -0.469 e. The van der Waals surface area contributed by atoms with Crippen LogP contribution in [0.4, 0.5) is 0 Å². The fourth-order valence-corrected chi connectivity index (χ4v) is 2.24. The van der Waals surface area contributed by atoms with Gasteiger partial charge >= 0.3 is 5.97 Å². The van der Waals surface area contributed by atoms with Crippen LogP contribution in [0.15, 0.2) is 0 Å². The van der Waals surface area contributed by atoms with E-state index in [1.807, 2.05) is 13.8 Å². The lowest BCUT2D eigenvalue weighted by molar-refractivity contribution is -0.149. The van der Waals surface area contributed by atoms with Crippen LogP contribution in [-0.4, -0.2) is 49.2 Å². The number of carbonyl (C=O) groups is 2. The lowest BCUT2D eigenvalue weighted by Crippen LogP contribution is -2.47. The quantitative estimate of drug-likeness (QED) is 0.689. The molecule has 1 saturated heterocycles. The number of esters is 1. The maximum absolute atomic E-state index is 12.4. The third-order valence-corrected chi connectivity index (χ3v) is 3.69. The third kappa shape index (κ3) is 4.20. The number of amides is 1. The van der Waals surface area contributed by atoms with Gasteiger partial charge in [-0.25, -0.2) is 0 Å². The summed E-state index contributed by atoms with van der Waals surface area (Å²) in [5, 5.41) is 0. The fraction of sp³-hybridized carbons (Fsp3) is 0.857. The minimum absolute atomic E-state index is 0.00241. The summed E-state index contributed by atoms with van der Waals surface area (Å²) in [6.07, 6.45) is 2.22. The molecule has 1 amide bonds. The van der Waals surface area contributed by atoms with Gasteiger partial charge < -0.3 is 14.4 Å². The zero-order chi connectivity index (χ0) is 14.4. The molecule has 0 aromatic carbocycles. The summed E-state index contributed by atoms with van der Waals surface area (Å²) >= 11 is 0. The normalized spacial score (nSPS) is 21.8. The largest absolute Gasteiger partial charge is 0.469 e. The van der Waals surface area contributed by atoms with Gasteiger partial charge in [0.1, 0.15) is 6.10 Å². The molecule has 5 nitrogen and oxygen atoms in total. The monoisotopic (exact) mass is 271 g/mol. The Hall–Kier alpha value is -1.10. The van der Waals surface area contributed by atoms with Crippen molar-refractivity contribution < 1.29 is 19.1 Å². The van der Waals surface area contributed by atoms with Crippen LogP contribution in [0.25, 0.3) is 0 Å². The number of nitrogens with zero attached hydrogens (tertiary/aromatic N) is 1. The van der Waals surface area contributed by atoms with E-state index >= 15 is 0 Å². The molecular weight excluding hydrogens is 246 g/mol. The van der Waals surface area contributed by atoms with Gasteiger partial charge in [0.25, 0.3) is 5.91 Å². The summed E-state index contributed by atoms with van der Waals surface area (Å²) in [4.78, 5) is 25.7. The number of carbonyl (C=O) groups excluding carboxylic acids is 2. The predicted molar refractivity (Wildman–Crippen MR) is 71.6 cm³/mol. The second-order valence-corrected chi connectivity index (χ2v) is 5.17. The van der Waals surface area contributed by atoms with Crippen LogP contribution >= 0.6 is 0 Å². The van der Waals surface area contributed by atoms with Crippen molar-refractivity contribution in [2.45, 2.75) is 52.2 Å². The highest BCUT2D eigenvalue weighted by atomic mass is 16.5. The molecule has 0 N–H and O–H groups in total. The average Bonchev–Trinajstić information content (AvgIpc) is 2.95. The summed E-state index contributed by atoms with van der Waals surface area (Å²) in [5.74, 6) is -0.597. The Morgan fingerprint density at radius 3 is 2.58 bits per heavy atom. The molecule has 3 unspecified atom stereocenters. The van der Waals surface area contributed by atoms with Gasteiger partial charge in [-0.1, -0.05) is 13.8 Å². The number of hydrogen-bond acceptors (Lipinski definition) is 4. The molecule has 0 bridgehead atoms. The molecule has 0 radical (unpaired) electrons. The van der Waals surface area contributed by atoms with Crippen molar-refractivity contribution in [1.82, 2.24) is 4.90 Å². The van der Waals surface area contributed by atoms with Gasteiger partial charge in [0.05, 0.1) is 13.0 Å². The molecule has 0 saturated carbocycles. The van der Waals surface area contributed by atoms with Crippen LogP contribution < -0.4 is 0 Å². The highest BCUT2D eigenvalue weighted by Gasteiger charge is 2.32. The lowest BCUT2D eigenvalue weighted by atomic mass is 10.1. The lowest BCUT2D eigenvalue weighted by Gasteiger charge is -2.32. The standard InChI is InChI=1S/C14H25NO4/c1-5-11(3)15(9-10(2)14(17)18-4)13(16)12-7-6-8-19-12/h10-12H,5-9H2,1-4H3. The topological polar surface area (TPSA) is 55.8 Å². The van der Waals surface area contributed by atoms with E-state index in [0.29, 0.717) is 13.2 Å². The van der Waals surface area contributed by atoms with Crippen LogP contribution in [0.5, 0.6) is 0 Å². The molecule has 5 heteroatoms. The number of ether oxygens (including phenoxy) is 2. The van der Waals surface area contributed by atoms with Crippen molar-refractivity contribution >= 4 is 11.9 Å². The Labute approximate surface area is 115 Å². The second kappa shape index (κ2) is 7.48. The van der Waals surface area contributed by atoms with E-state index in [1.54, 1.807) is 11.8 Å². The van der Waals surface area contributed by atoms with E-state index in [0.717, 1.165) is 19.3 Å². The SMILES string of the molecule is CCC(C)N(CC(C)C(=O)OC)C(=O)C1CCCO1. The number of methoxy groups -OCH3 is 1. The van der Waals surface area contributed by atoms with Gasteiger partial charge in [-0.3, -0.25) is 9.59 Å². The zero-order valence-electron chi connectivity index (χ0n) is 12.3. The van der Waals surface area contributed by atoms with Gasteiger partial charge in [0.2, 0.25) is 0 Å². The van der Waals surface area contributed by atoms with Gasteiger partial charge in [0.15, 0.2) is 0 Å². The fourth-order valence-electron chi connectivity index (χ4n) is 2.24. The van der Waals surface area contributed by atoms with Crippen molar-refractivity contribution in [1.29, 1.82) is 0 Å². The van der Waals surface area contributed by atoms with E-state index in [1.165, 1.54) is 7.11 Å². The van der Waals surface area contributed by atoms with Crippen LogP contribution in [0.1, 0.15) is 40.0 Å². The van der Waals surface area contributed by atoms with Crippen LogP contribution in [-0.2, 0) is 19.1 Å². The van der Waals surface area contributed by atoms with E-state index < -0.39 is 0 Å². The molecule has 1 aliphatic heterocycles. The van der Waals surface area contributed by atoms with Crippen LogP contribution in [0, 0.1) is 5.92 Å². The Balaban J connectivity index is 2.70. The van der Waals surface area contributed by atoms with Gasteiger partial charge in [0, 0.05) is 19.2 Å². The molecule has 1 rings (SSSR count). The molecule has 19 heavy (non-hydrogen) atoms. The zero-order valence-corrected chi connectivity index (χ0v) is 12.3. The highest BCUT2D eigenvalue weighted by Crippen LogP contribution is 2.18. The molecule has 1 fully saturated rings.